The van der Waals surface area contributed by atoms with Crippen LogP contribution in [0.25, 0.3) is 0 Å². The number of rotatable bonds is 17. The standard InChI is InChI=1S/C31H50N4O7S/c1-9-22(6)27(35-31(39)42-19-24-13-11-10-12-14-24)30(38)34-26(18-21(4)5)29(37)32-23(7)28(36)33-25(17-20(2)3)15-16-43(8,40)41/h10-16,20-23,25-27H,9,17-19H2,1-8H3,(H,32,37)(H,33,36)(H,34,38)(H,35,39). The molecule has 0 aliphatic heterocycles. The number of nitrogens with one attached hydrogen (secondary N) is 4. The minimum absolute atomic E-state index is 0.0302. The molecule has 12 heteroatoms. The fourth-order valence-electron chi connectivity index (χ4n) is 4.18. The Labute approximate surface area is 256 Å². The second-order valence-electron chi connectivity index (χ2n) is 11.9. The number of sulfone groups is 1. The van der Waals surface area contributed by atoms with Gasteiger partial charge in [-0.25, -0.2) is 13.2 Å². The summed E-state index contributed by atoms with van der Waals surface area (Å²) in [6, 6.07) is 5.73. The van der Waals surface area contributed by atoms with E-state index in [0.717, 1.165) is 17.2 Å². The molecule has 5 atom stereocenters. The molecule has 1 rings (SSSR count). The van der Waals surface area contributed by atoms with Crippen LogP contribution < -0.4 is 21.3 Å². The first kappa shape index (κ1) is 37.6. The van der Waals surface area contributed by atoms with Gasteiger partial charge in [0.05, 0.1) is 0 Å². The largest absolute Gasteiger partial charge is 0.445 e. The smallest absolute Gasteiger partial charge is 0.408 e. The summed E-state index contributed by atoms with van der Waals surface area (Å²) < 4.78 is 28.5. The third kappa shape index (κ3) is 15.6. The molecule has 1 aromatic carbocycles. The number of ether oxygens (including phenoxy) is 1. The van der Waals surface area contributed by atoms with Gasteiger partial charge in [0.25, 0.3) is 0 Å². The van der Waals surface area contributed by atoms with Crippen molar-refractivity contribution in [3.8, 4) is 0 Å². The van der Waals surface area contributed by atoms with E-state index in [2.05, 4.69) is 21.3 Å². The molecule has 4 N–H and O–H groups in total. The van der Waals surface area contributed by atoms with Crippen molar-refractivity contribution in [2.24, 2.45) is 17.8 Å². The molecule has 1 aromatic rings. The van der Waals surface area contributed by atoms with Gasteiger partial charge in [-0.15, -0.1) is 0 Å². The number of amides is 4. The first-order valence-electron chi connectivity index (χ1n) is 14.8. The Morgan fingerprint density at radius 2 is 1.42 bits per heavy atom. The molecule has 4 amide bonds. The predicted octanol–water partition coefficient (Wildman–Crippen LogP) is 3.45. The molecule has 242 valence electrons. The van der Waals surface area contributed by atoms with Crippen LogP contribution in [-0.4, -0.2) is 62.7 Å². The van der Waals surface area contributed by atoms with Gasteiger partial charge in [0, 0.05) is 17.7 Å². The SMILES string of the molecule is CCC(C)C(NC(=O)OCc1ccccc1)C(=O)NC(CC(C)C)C(=O)NC(C)C(=O)NC(C=CS(C)(=O)=O)CC(C)C. The van der Waals surface area contributed by atoms with E-state index in [-0.39, 0.29) is 24.4 Å². The lowest BCUT2D eigenvalue weighted by Gasteiger charge is -2.28. The summed E-state index contributed by atoms with van der Waals surface area (Å²) >= 11 is 0. The van der Waals surface area contributed by atoms with Crippen LogP contribution in [0.1, 0.15) is 73.3 Å². The molecule has 0 radical (unpaired) electrons. The van der Waals surface area contributed by atoms with Crippen LogP contribution in [-0.2, 0) is 35.6 Å². The summed E-state index contributed by atoms with van der Waals surface area (Å²) in [4.78, 5) is 52.1. The Morgan fingerprint density at radius 1 is 0.814 bits per heavy atom. The maximum Gasteiger partial charge on any atom is 0.408 e. The van der Waals surface area contributed by atoms with Crippen molar-refractivity contribution < 1.29 is 32.3 Å². The van der Waals surface area contributed by atoms with Crippen LogP contribution in [0.2, 0.25) is 0 Å². The Morgan fingerprint density at radius 3 is 1.95 bits per heavy atom. The fourth-order valence-corrected chi connectivity index (χ4v) is 4.65. The molecule has 5 unspecified atom stereocenters. The van der Waals surface area contributed by atoms with E-state index in [1.165, 1.54) is 13.0 Å². The van der Waals surface area contributed by atoms with Crippen LogP contribution in [0.4, 0.5) is 4.79 Å². The van der Waals surface area contributed by atoms with Gasteiger partial charge >= 0.3 is 6.09 Å². The Balaban J connectivity index is 2.94. The van der Waals surface area contributed by atoms with Gasteiger partial charge in [0.2, 0.25) is 17.7 Å². The molecule has 0 aliphatic rings. The quantitative estimate of drug-likeness (QED) is 0.207. The van der Waals surface area contributed by atoms with Crippen LogP contribution in [0.5, 0.6) is 0 Å². The predicted molar refractivity (Wildman–Crippen MR) is 167 cm³/mol. The number of hydrogen-bond acceptors (Lipinski definition) is 7. The first-order valence-corrected chi connectivity index (χ1v) is 16.7. The van der Waals surface area contributed by atoms with E-state index in [9.17, 15) is 27.6 Å². The summed E-state index contributed by atoms with van der Waals surface area (Å²) in [7, 11) is -3.38. The van der Waals surface area contributed by atoms with E-state index in [0.29, 0.717) is 19.3 Å². The van der Waals surface area contributed by atoms with Crippen molar-refractivity contribution in [2.75, 3.05) is 6.26 Å². The van der Waals surface area contributed by atoms with Crippen molar-refractivity contribution in [1.82, 2.24) is 21.3 Å². The average molecular weight is 623 g/mol. The van der Waals surface area contributed by atoms with E-state index < -0.39 is 57.8 Å². The lowest BCUT2D eigenvalue weighted by molar-refractivity contribution is -0.133. The normalized spacial score (nSPS) is 15.3. The second-order valence-corrected chi connectivity index (χ2v) is 13.8. The van der Waals surface area contributed by atoms with Gasteiger partial charge in [0.15, 0.2) is 9.84 Å². The van der Waals surface area contributed by atoms with Gasteiger partial charge in [-0.05, 0) is 43.1 Å². The molecule has 0 saturated carbocycles. The van der Waals surface area contributed by atoms with Gasteiger partial charge in [-0.1, -0.05) is 84.4 Å². The lowest BCUT2D eigenvalue weighted by Crippen LogP contribution is -2.58. The molecular weight excluding hydrogens is 572 g/mol. The minimum atomic E-state index is -3.38. The van der Waals surface area contributed by atoms with Crippen LogP contribution in [0.3, 0.4) is 0 Å². The topological polar surface area (TPSA) is 160 Å². The van der Waals surface area contributed by atoms with E-state index in [1.807, 2.05) is 71.9 Å². The number of carbonyl (C=O) groups excluding carboxylic acids is 4. The number of carbonyl (C=O) groups is 4. The van der Waals surface area contributed by atoms with Crippen molar-refractivity contribution in [3.05, 3.63) is 47.4 Å². The molecular formula is C31H50N4O7S. The zero-order valence-electron chi connectivity index (χ0n) is 26.7. The van der Waals surface area contributed by atoms with Crippen LogP contribution >= 0.6 is 0 Å². The molecule has 11 nitrogen and oxygen atoms in total. The molecule has 0 aromatic heterocycles. The Hall–Kier alpha value is -3.41. The Bertz CT molecular complexity index is 1190. The van der Waals surface area contributed by atoms with Crippen molar-refractivity contribution in [3.63, 3.8) is 0 Å². The highest BCUT2D eigenvalue weighted by Crippen LogP contribution is 2.12. The third-order valence-corrected chi connectivity index (χ3v) is 7.34. The van der Waals surface area contributed by atoms with Crippen LogP contribution in [0.15, 0.2) is 41.8 Å². The third-order valence-electron chi connectivity index (χ3n) is 6.68. The monoisotopic (exact) mass is 622 g/mol. The molecule has 0 bridgehead atoms. The van der Waals surface area contributed by atoms with E-state index in [1.54, 1.807) is 0 Å². The highest BCUT2D eigenvalue weighted by Gasteiger charge is 2.32. The maximum absolute atomic E-state index is 13.4. The summed E-state index contributed by atoms with van der Waals surface area (Å²) in [6.45, 7) is 13.0. The maximum atomic E-state index is 13.4. The van der Waals surface area contributed by atoms with Crippen molar-refractivity contribution in [2.45, 2.75) is 98.5 Å². The lowest BCUT2D eigenvalue weighted by atomic mass is 9.97. The zero-order valence-corrected chi connectivity index (χ0v) is 27.5. The minimum Gasteiger partial charge on any atom is -0.445 e. The number of benzene rings is 1. The van der Waals surface area contributed by atoms with Gasteiger partial charge in [-0.3, -0.25) is 14.4 Å². The van der Waals surface area contributed by atoms with Crippen molar-refractivity contribution >= 4 is 33.7 Å². The number of hydrogen-bond donors (Lipinski definition) is 4. The number of alkyl carbamates (subject to hydrolysis) is 1. The highest BCUT2D eigenvalue weighted by molar-refractivity contribution is 7.93. The van der Waals surface area contributed by atoms with Gasteiger partial charge in [0.1, 0.15) is 24.7 Å². The van der Waals surface area contributed by atoms with E-state index >= 15 is 0 Å². The molecule has 0 heterocycles. The summed E-state index contributed by atoms with van der Waals surface area (Å²) in [5.41, 5.74) is 0.802. The summed E-state index contributed by atoms with van der Waals surface area (Å²) in [5.74, 6) is -1.63. The fraction of sp³-hybridized carbons (Fsp3) is 0.613. The molecule has 0 spiro atoms. The van der Waals surface area contributed by atoms with Crippen LogP contribution in [0, 0.1) is 17.8 Å². The zero-order chi connectivity index (χ0) is 32.7. The van der Waals surface area contributed by atoms with Gasteiger partial charge in [-0.2, -0.15) is 0 Å². The average Bonchev–Trinajstić information content (AvgIpc) is 2.92. The molecule has 43 heavy (non-hydrogen) atoms. The Kier molecular flexibility index (Phi) is 16.0. The highest BCUT2D eigenvalue weighted by atomic mass is 32.2. The van der Waals surface area contributed by atoms with Gasteiger partial charge < -0.3 is 26.0 Å². The van der Waals surface area contributed by atoms with Crippen molar-refractivity contribution in [1.29, 1.82) is 0 Å². The molecule has 0 aliphatic carbocycles. The molecule has 0 fully saturated rings. The molecule has 0 saturated heterocycles. The first-order chi connectivity index (χ1) is 20.0. The van der Waals surface area contributed by atoms with E-state index in [4.69, 9.17) is 4.74 Å². The summed E-state index contributed by atoms with van der Waals surface area (Å²) in [5, 5.41) is 11.9. The summed E-state index contributed by atoms with van der Waals surface area (Å²) in [6.07, 6.45) is 3.13. The second kappa shape index (κ2) is 18.3.